The van der Waals surface area contributed by atoms with Crippen molar-refractivity contribution in [2.75, 3.05) is 12.4 Å². The first-order chi connectivity index (χ1) is 7.45. The maximum absolute atomic E-state index is 10.9. The molecular formula is C9H9BrN2O4. The zero-order valence-electron chi connectivity index (χ0n) is 8.61. The van der Waals surface area contributed by atoms with Crippen LogP contribution < -0.4 is 10.1 Å². The third-order valence-electron chi connectivity index (χ3n) is 1.76. The highest BCUT2D eigenvalue weighted by atomic mass is 79.9. The Labute approximate surface area is 99.9 Å². The van der Waals surface area contributed by atoms with Crippen molar-refractivity contribution in [2.24, 2.45) is 0 Å². The molecule has 1 aromatic rings. The number of hydrogen-bond donors (Lipinski definition) is 1. The number of nitrogens with zero attached hydrogens (tertiary/aromatic N) is 1. The van der Waals surface area contributed by atoms with Gasteiger partial charge in [0.2, 0.25) is 5.91 Å². The molecule has 0 aromatic heterocycles. The summed E-state index contributed by atoms with van der Waals surface area (Å²) in [5.41, 5.74) is -0.162. The lowest BCUT2D eigenvalue weighted by Gasteiger charge is -2.09. The first kappa shape index (κ1) is 12.4. The van der Waals surface area contributed by atoms with Gasteiger partial charge >= 0.3 is 0 Å². The zero-order valence-corrected chi connectivity index (χ0v) is 10.2. The molecule has 1 aromatic carbocycles. The molecule has 86 valence electrons. The molecule has 0 radical (unpaired) electrons. The molecule has 0 aliphatic carbocycles. The van der Waals surface area contributed by atoms with Crippen molar-refractivity contribution in [2.45, 2.75) is 6.92 Å². The minimum Gasteiger partial charge on any atom is -0.494 e. The molecule has 1 amide bonds. The van der Waals surface area contributed by atoms with Gasteiger partial charge in [-0.05, 0) is 6.07 Å². The predicted molar refractivity (Wildman–Crippen MR) is 61.7 cm³/mol. The van der Waals surface area contributed by atoms with Crippen molar-refractivity contribution in [3.8, 4) is 5.75 Å². The van der Waals surface area contributed by atoms with Crippen LogP contribution in [0.5, 0.6) is 5.75 Å². The van der Waals surface area contributed by atoms with Crippen LogP contribution in [-0.4, -0.2) is 17.9 Å². The number of nitrogens with one attached hydrogen (secondary N) is 1. The van der Waals surface area contributed by atoms with Gasteiger partial charge in [-0.15, -0.1) is 0 Å². The van der Waals surface area contributed by atoms with Gasteiger partial charge in [-0.1, -0.05) is 15.9 Å². The Bertz CT molecular complexity index is 447. The molecule has 1 N–H and O–H groups in total. The molecule has 0 saturated carbocycles. The van der Waals surface area contributed by atoms with Crippen LogP contribution in [0.4, 0.5) is 11.4 Å². The van der Waals surface area contributed by atoms with E-state index in [-0.39, 0.29) is 17.1 Å². The molecule has 0 heterocycles. The second-order valence-corrected chi connectivity index (χ2v) is 3.86. The summed E-state index contributed by atoms with van der Waals surface area (Å²) in [6.45, 7) is 1.27. The fourth-order valence-corrected chi connectivity index (χ4v) is 1.60. The van der Waals surface area contributed by atoms with Crippen molar-refractivity contribution < 1.29 is 14.5 Å². The highest BCUT2D eigenvalue weighted by Gasteiger charge is 2.20. The van der Waals surface area contributed by atoms with Gasteiger partial charge in [0.15, 0.2) is 11.4 Å². The van der Waals surface area contributed by atoms with Gasteiger partial charge in [0.05, 0.1) is 12.0 Å². The summed E-state index contributed by atoms with van der Waals surface area (Å²) in [4.78, 5) is 21.2. The summed E-state index contributed by atoms with van der Waals surface area (Å²) in [5.74, 6) is -0.167. The number of nitro benzene ring substituents is 1. The second kappa shape index (κ2) is 4.93. The number of carbonyl (C=O) groups is 1. The summed E-state index contributed by atoms with van der Waals surface area (Å²) in [6, 6.07) is 2.84. The van der Waals surface area contributed by atoms with E-state index in [0.29, 0.717) is 4.47 Å². The van der Waals surface area contributed by atoms with Gasteiger partial charge in [-0.25, -0.2) is 0 Å². The van der Waals surface area contributed by atoms with Gasteiger partial charge in [0, 0.05) is 17.5 Å². The fraction of sp³-hybridized carbons (Fsp3) is 0.222. The van der Waals surface area contributed by atoms with Crippen LogP contribution in [0.15, 0.2) is 16.6 Å². The summed E-state index contributed by atoms with van der Waals surface area (Å²) < 4.78 is 5.47. The molecule has 7 heteroatoms. The number of ether oxygens (including phenoxy) is 1. The fourth-order valence-electron chi connectivity index (χ4n) is 1.17. The number of rotatable bonds is 3. The van der Waals surface area contributed by atoms with E-state index in [0.717, 1.165) is 0 Å². The summed E-state index contributed by atoms with van der Waals surface area (Å²) in [5, 5.41) is 13.2. The Balaban J connectivity index is 3.38. The highest BCUT2D eigenvalue weighted by Crippen LogP contribution is 2.37. The maximum atomic E-state index is 10.9. The minimum absolute atomic E-state index is 0.0585. The third-order valence-corrected chi connectivity index (χ3v) is 2.22. The van der Waals surface area contributed by atoms with E-state index < -0.39 is 10.8 Å². The Hall–Kier alpha value is -1.63. The van der Waals surface area contributed by atoms with E-state index in [1.165, 1.54) is 26.2 Å². The van der Waals surface area contributed by atoms with Gasteiger partial charge in [0.25, 0.3) is 5.69 Å². The van der Waals surface area contributed by atoms with E-state index in [9.17, 15) is 14.9 Å². The highest BCUT2D eigenvalue weighted by molar-refractivity contribution is 9.10. The lowest BCUT2D eigenvalue weighted by atomic mass is 10.2. The normalized spacial score (nSPS) is 9.69. The Morgan fingerprint density at radius 3 is 2.62 bits per heavy atom. The molecule has 1 rings (SSSR count). The molecule has 0 aliphatic rings. The van der Waals surface area contributed by atoms with Crippen LogP contribution in [0.25, 0.3) is 0 Å². The van der Waals surface area contributed by atoms with Crippen molar-refractivity contribution in [1.29, 1.82) is 0 Å². The quantitative estimate of drug-likeness (QED) is 0.684. The number of benzene rings is 1. The van der Waals surface area contributed by atoms with E-state index in [1.54, 1.807) is 0 Å². The number of anilines is 1. The Morgan fingerprint density at radius 1 is 1.56 bits per heavy atom. The van der Waals surface area contributed by atoms with Gasteiger partial charge in [-0.2, -0.15) is 0 Å². The predicted octanol–water partition coefficient (Wildman–Crippen LogP) is 2.32. The molecule has 16 heavy (non-hydrogen) atoms. The molecular weight excluding hydrogens is 280 g/mol. The van der Waals surface area contributed by atoms with E-state index in [4.69, 9.17) is 4.74 Å². The summed E-state index contributed by atoms with van der Waals surface area (Å²) in [6.07, 6.45) is 0. The standard InChI is InChI=1S/C9H9BrN2O4/c1-5(13)11-9-7(12(14)15)3-6(10)4-8(9)16-2/h3-4H,1-2H3,(H,11,13). The van der Waals surface area contributed by atoms with Crippen molar-refractivity contribution in [1.82, 2.24) is 0 Å². The minimum atomic E-state index is -0.585. The molecule has 0 bridgehead atoms. The third kappa shape index (κ3) is 2.69. The second-order valence-electron chi connectivity index (χ2n) is 2.94. The number of methoxy groups -OCH3 is 1. The lowest BCUT2D eigenvalue weighted by molar-refractivity contribution is -0.384. The van der Waals surface area contributed by atoms with Crippen molar-refractivity contribution in [3.63, 3.8) is 0 Å². The number of amides is 1. The average Bonchev–Trinajstić information content (AvgIpc) is 2.19. The number of nitro groups is 1. The number of halogens is 1. The molecule has 0 aliphatic heterocycles. The van der Waals surface area contributed by atoms with E-state index in [1.807, 2.05) is 0 Å². The molecule has 0 spiro atoms. The molecule has 6 nitrogen and oxygen atoms in total. The van der Waals surface area contributed by atoms with E-state index in [2.05, 4.69) is 21.2 Å². The molecule has 0 unspecified atom stereocenters. The first-order valence-corrected chi connectivity index (χ1v) is 5.04. The number of hydrogen-bond acceptors (Lipinski definition) is 4. The van der Waals surface area contributed by atoms with Crippen LogP contribution in [0.3, 0.4) is 0 Å². The van der Waals surface area contributed by atoms with Crippen molar-refractivity contribution in [3.05, 3.63) is 26.7 Å². The van der Waals surface area contributed by atoms with Crippen LogP contribution in [0.1, 0.15) is 6.92 Å². The molecule has 0 saturated heterocycles. The molecule has 0 fully saturated rings. The smallest absolute Gasteiger partial charge is 0.297 e. The topological polar surface area (TPSA) is 81.5 Å². The zero-order chi connectivity index (χ0) is 12.3. The van der Waals surface area contributed by atoms with Crippen LogP contribution in [0.2, 0.25) is 0 Å². The largest absolute Gasteiger partial charge is 0.494 e. The van der Waals surface area contributed by atoms with Gasteiger partial charge < -0.3 is 10.1 Å². The van der Waals surface area contributed by atoms with Crippen LogP contribution in [-0.2, 0) is 4.79 Å². The average molecular weight is 289 g/mol. The van der Waals surface area contributed by atoms with Gasteiger partial charge in [-0.3, -0.25) is 14.9 Å². The van der Waals surface area contributed by atoms with Crippen molar-refractivity contribution >= 4 is 33.2 Å². The first-order valence-electron chi connectivity index (χ1n) is 4.25. The number of carbonyl (C=O) groups excluding carboxylic acids is 1. The van der Waals surface area contributed by atoms with Gasteiger partial charge in [0.1, 0.15) is 0 Å². The SMILES string of the molecule is COc1cc(Br)cc([N+](=O)[O-])c1NC(C)=O. The monoisotopic (exact) mass is 288 g/mol. The maximum Gasteiger partial charge on any atom is 0.297 e. The lowest BCUT2D eigenvalue weighted by Crippen LogP contribution is -2.09. The Morgan fingerprint density at radius 2 is 2.19 bits per heavy atom. The van der Waals surface area contributed by atoms with E-state index >= 15 is 0 Å². The van der Waals surface area contributed by atoms with Crippen LogP contribution >= 0.6 is 15.9 Å². The van der Waals surface area contributed by atoms with Crippen LogP contribution in [0, 0.1) is 10.1 Å². The summed E-state index contributed by atoms with van der Waals surface area (Å²) >= 11 is 3.13. The Kier molecular flexibility index (Phi) is 3.83. The summed E-state index contributed by atoms with van der Waals surface area (Å²) in [7, 11) is 1.37. The molecule has 0 atom stereocenters.